The molecule has 3 aromatic rings. The van der Waals surface area contributed by atoms with Crippen molar-refractivity contribution >= 4 is 22.9 Å². The van der Waals surface area contributed by atoms with Crippen LogP contribution in [0.25, 0.3) is 5.70 Å². The first-order valence-corrected chi connectivity index (χ1v) is 12.9. The van der Waals surface area contributed by atoms with E-state index in [1.165, 1.54) is 40.4 Å². The molecule has 0 atom stereocenters. The molecule has 6 heteroatoms. The van der Waals surface area contributed by atoms with Gasteiger partial charge in [0.1, 0.15) is 11.6 Å². The number of fused-ring (bicyclic) bond motifs is 1. The highest BCUT2D eigenvalue weighted by molar-refractivity contribution is 7.11. The van der Waals surface area contributed by atoms with Gasteiger partial charge in [-0.1, -0.05) is 30.3 Å². The van der Waals surface area contributed by atoms with Crippen molar-refractivity contribution in [1.82, 2.24) is 14.8 Å². The van der Waals surface area contributed by atoms with Crippen molar-refractivity contribution in [2.45, 2.75) is 44.8 Å². The van der Waals surface area contributed by atoms with Crippen LogP contribution in [0.2, 0.25) is 0 Å². The third-order valence-corrected chi connectivity index (χ3v) is 8.45. The molecule has 5 nitrogen and oxygen atoms in total. The molecule has 0 unspecified atom stereocenters. The number of thiazole rings is 1. The maximum Gasteiger partial charge on any atom is 0.136 e. The van der Waals surface area contributed by atoms with Crippen molar-refractivity contribution in [3.63, 3.8) is 0 Å². The van der Waals surface area contributed by atoms with E-state index in [9.17, 15) is 0 Å². The topological polar surface area (TPSA) is 41.0 Å². The first-order valence-electron chi connectivity index (χ1n) is 12.1. The summed E-state index contributed by atoms with van der Waals surface area (Å²) in [7, 11) is 1.70. The van der Waals surface area contributed by atoms with E-state index in [2.05, 4.69) is 65.3 Å². The quantitative estimate of drug-likeness (QED) is 0.477. The fourth-order valence-corrected chi connectivity index (χ4v) is 6.41. The monoisotopic (exact) mass is 470 g/mol. The first kappa shape index (κ1) is 21.6. The van der Waals surface area contributed by atoms with Gasteiger partial charge in [-0.25, -0.2) is 9.98 Å². The highest BCUT2D eigenvalue weighted by atomic mass is 32.1. The summed E-state index contributed by atoms with van der Waals surface area (Å²) in [5.74, 6) is 1.94. The van der Waals surface area contributed by atoms with Crippen LogP contribution in [0.15, 0.2) is 65.7 Å². The molecule has 6 rings (SSSR count). The van der Waals surface area contributed by atoms with Gasteiger partial charge in [0.05, 0.1) is 23.5 Å². The van der Waals surface area contributed by atoms with E-state index in [1.54, 1.807) is 7.11 Å². The van der Waals surface area contributed by atoms with Crippen LogP contribution in [0, 0.1) is 6.92 Å². The van der Waals surface area contributed by atoms with E-state index >= 15 is 0 Å². The molecule has 3 heterocycles. The van der Waals surface area contributed by atoms with Crippen LogP contribution >= 0.6 is 11.3 Å². The van der Waals surface area contributed by atoms with Crippen molar-refractivity contribution in [1.29, 1.82) is 0 Å². The van der Waals surface area contributed by atoms with Gasteiger partial charge in [0.2, 0.25) is 0 Å². The number of rotatable bonds is 6. The van der Waals surface area contributed by atoms with Gasteiger partial charge in [0.25, 0.3) is 0 Å². The second kappa shape index (κ2) is 8.67. The molecule has 3 aliphatic rings. The minimum Gasteiger partial charge on any atom is -0.497 e. The lowest BCUT2D eigenvalue weighted by atomic mass is 9.74. The summed E-state index contributed by atoms with van der Waals surface area (Å²) in [6.45, 7) is 6.01. The SMILES string of the molecule is COc1ccc(C2=CCN(CC3(N4Cc5nc(C)sc5C4)CCC3)C(c3ccccc3)=N2)cc1. The molecular weight excluding hydrogens is 440 g/mol. The second-order valence-electron chi connectivity index (χ2n) is 9.54. The van der Waals surface area contributed by atoms with E-state index in [4.69, 9.17) is 14.7 Å². The van der Waals surface area contributed by atoms with Gasteiger partial charge >= 0.3 is 0 Å². The van der Waals surface area contributed by atoms with Crippen LogP contribution in [-0.4, -0.2) is 46.4 Å². The molecular formula is C28H30N4OS. The largest absolute Gasteiger partial charge is 0.497 e. The fourth-order valence-electron chi connectivity index (χ4n) is 5.45. The summed E-state index contributed by atoms with van der Waals surface area (Å²) in [5, 5.41) is 1.19. The van der Waals surface area contributed by atoms with E-state index in [0.29, 0.717) is 0 Å². The molecule has 0 radical (unpaired) electrons. The summed E-state index contributed by atoms with van der Waals surface area (Å²) in [6.07, 6.45) is 6.06. The fraction of sp³-hybridized carbons (Fsp3) is 0.357. The van der Waals surface area contributed by atoms with Crippen LogP contribution in [-0.2, 0) is 13.1 Å². The Bertz CT molecular complexity index is 1220. The molecule has 34 heavy (non-hydrogen) atoms. The summed E-state index contributed by atoms with van der Waals surface area (Å²) in [5.41, 5.74) is 4.83. The summed E-state index contributed by atoms with van der Waals surface area (Å²) in [4.78, 5) is 16.6. The molecule has 1 aliphatic carbocycles. The Balaban J connectivity index is 1.28. The molecule has 2 aromatic carbocycles. The minimum atomic E-state index is 0.204. The zero-order valence-corrected chi connectivity index (χ0v) is 20.6. The van der Waals surface area contributed by atoms with Crippen LogP contribution in [0.3, 0.4) is 0 Å². The summed E-state index contributed by atoms with van der Waals surface area (Å²) < 4.78 is 5.34. The zero-order chi connectivity index (χ0) is 23.1. The lowest BCUT2D eigenvalue weighted by Gasteiger charge is -2.51. The number of hydrogen-bond donors (Lipinski definition) is 0. The Morgan fingerprint density at radius 1 is 1.00 bits per heavy atom. The smallest absolute Gasteiger partial charge is 0.136 e. The third kappa shape index (κ3) is 3.85. The van der Waals surface area contributed by atoms with E-state index < -0.39 is 0 Å². The van der Waals surface area contributed by atoms with E-state index in [-0.39, 0.29) is 5.54 Å². The van der Waals surface area contributed by atoms with Crippen LogP contribution in [0.5, 0.6) is 5.75 Å². The van der Waals surface area contributed by atoms with Gasteiger partial charge in [0.15, 0.2) is 0 Å². The van der Waals surface area contributed by atoms with Crippen molar-refractivity contribution in [2.24, 2.45) is 4.99 Å². The third-order valence-electron chi connectivity index (χ3n) is 7.45. The Hall–Kier alpha value is -2.96. The number of hydrogen-bond acceptors (Lipinski definition) is 6. The number of ether oxygens (including phenoxy) is 1. The predicted octanol–water partition coefficient (Wildman–Crippen LogP) is 5.50. The van der Waals surface area contributed by atoms with Gasteiger partial charge in [0, 0.05) is 47.7 Å². The van der Waals surface area contributed by atoms with Gasteiger partial charge < -0.3 is 9.64 Å². The number of amidine groups is 1. The number of aryl methyl sites for hydroxylation is 1. The minimum absolute atomic E-state index is 0.204. The Labute approximate surface area is 205 Å². The van der Waals surface area contributed by atoms with Crippen LogP contribution < -0.4 is 4.74 Å². The Kier molecular flexibility index (Phi) is 5.50. The maximum atomic E-state index is 5.34. The molecule has 0 amide bonds. The number of nitrogens with zero attached hydrogens (tertiary/aromatic N) is 4. The highest BCUT2D eigenvalue weighted by Crippen LogP contribution is 2.44. The lowest BCUT2D eigenvalue weighted by molar-refractivity contribution is -0.00320. The number of benzene rings is 2. The van der Waals surface area contributed by atoms with Crippen LogP contribution in [0.1, 0.15) is 46.0 Å². The molecule has 1 fully saturated rings. The average molecular weight is 471 g/mol. The molecule has 0 saturated heterocycles. The number of aliphatic imine (C=N–C) groups is 1. The number of aromatic nitrogens is 1. The number of methoxy groups -OCH3 is 1. The Morgan fingerprint density at radius 3 is 2.47 bits per heavy atom. The van der Waals surface area contributed by atoms with E-state index in [0.717, 1.165) is 49.0 Å². The van der Waals surface area contributed by atoms with Gasteiger partial charge in [-0.05, 0) is 56.5 Å². The standard InChI is InChI=1S/C28H30N4OS/c1-20-29-25-17-32(18-26(25)34-20)28(14-6-15-28)19-31-16-13-24(21-9-11-23(33-2)12-10-21)30-27(31)22-7-4-3-5-8-22/h3-5,7-13H,6,14-19H2,1-2H3. The maximum absolute atomic E-state index is 5.34. The summed E-state index contributed by atoms with van der Waals surface area (Å²) in [6, 6.07) is 18.8. The highest BCUT2D eigenvalue weighted by Gasteiger charge is 2.47. The first-order chi connectivity index (χ1) is 16.6. The molecule has 0 bridgehead atoms. The summed E-state index contributed by atoms with van der Waals surface area (Å²) >= 11 is 1.87. The average Bonchev–Trinajstić information content (AvgIpc) is 3.40. The van der Waals surface area contributed by atoms with Crippen molar-refractivity contribution < 1.29 is 4.74 Å². The zero-order valence-electron chi connectivity index (χ0n) is 19.8. The second-order valence-corrected chi connectivity index (χ2v) is 10.8. The van der Waals surface area contributed by atoms with Crippen molar-refractivity contribution in [3.05, 3.63) is 87.4 Å². The van der Waals surface area contributed by atoms with Gasteiger partial charge in [-0.3, -0.25) is 4.90 Å². The molecule has 1 saturated carbocycles. The molecule has 0 spiro atoms. The molecule has 174 valence electrons. The lowest BCUT2D eigenvalue weighted by Crippen LogP contribution is -2.59. The van der Waals surface area contributed by atoms with Crippen LogP contribution in [0.4, 0.5) is 0 Å². The van der Waals surface area contributed by atoms with Crippen molar-refractivity contribution in [2.75, 3.05) is 20.2 Å². The molecule has 1 aromatic heterocycles. The predicted molar refractivity (Wildman–Crippen MR) is 138 cm³/mol. The Morgan fingerprint density at radius 2 is 1.79 bits per heavy atom. The normalized spacial score (nSPS) is 19.3. The van der Waals surface area contributed by atoms with E-state index in [1.807, 2.05) is 23.5 Å². The molecule has 0 N–H and O–H groups in total. The van der Waals surface area contributed by atoms with Gasteiger partial charge in [-0.2, -0.15) is 0 Å². The van der Waals surface area contributed by atoms with Crippen molar-refractivity contribution in [3.8, 4) is 5.75 Å². The molecule has 2 aliphatic heterocycles. The van der Waals surface area contributed by atoms with Gasteiger partial charge in [-0.15, -0.1) is 11.3 Å².